The van der Waals surface area contributed by atoms with Crippen LogP contribution in [0, 0.1) is 0 Å². The van der Waals surface area contributed by atoms with E-state index < -0.39 is 9.84 Å². The summed E-state index contributed by atoms with van der Waals surface area (Å²) in [6.45, 7) is 1.21. The number of rotatable bonds is 4. The molecule has 7 heteroatoms. The number of amides is 1. The maximum absolute atomic E-state index is 13.3. The fourth-order valence-electron chi connectivity index (χ4n) is 4.52. The van der Waals surface area contributed by atoms with Gasteiger partial charge >= 0.3 is 0 Å². The number of hydrogen-bond acceptors (Lipinski definition) is 5. The van der Waals surface area contributed by atoms with E-state index in [1.54, 1.807) is 0 Å². The molecule has 1 amide bonds. The minimum absolute atomic E-state index is 0.0979. The summed E-state index contributed by atoms with van der Waals surface area (Å²) in [5.74, 6) is 1.44. The number of para-hydroxylation sites is 1. The Hall–Kier alpha value is -1.21. The zero-order valence-electron chi connectivity index (χ0n) is 15.0. The van der Waals surface area contributed by atoms with Gasteiger partial charge in [-0.2, -0.15) is 0 Å². The maximum Gasteiger partial charge on any atom is 0.242 e. The summed E-state index contributed by atoms with van der Waals surface area (Å²) in [5.41, 5.74) is 1.13. The summed E-state index contributed by atoms with van der Waals surface area (Å²) >= 11 is 1.83. The Morgan fingerprint density at radius 1 is 1.15 bits per heavy atom. The van der Waals surface area contributed by atoms with Gasteiger partial charge in [0.2, 0.25) is 5.91 Å². The molecular formula is C19H26N2O3S2. The number of fused-ring (bicyclic) bond motifs is 1. The lowest BCUT2D eigenvalue weighted by Crippen LogP contribution is -2.51. The smallest absolute Gasteiger partial charge is 0.242 e. The van der Waals surface area contributed by atoms with E-state index in [1.165, 1.54) is 4.90 Å². The molecule has 2 fully saturated rings. The Morgan fingerprint density at radius 2 is 1.92 bits per heavy atom. The van der Waals surface area contributed by atoms with Crippen LogP contribution in [0.25, 0.3) is 0 Å². The van der Waals surface area contributed by atoms with Crippen LogP contribution in [0.1, 0.15) is 32.1 Å². The lowest BCUT2D eigenvalue weighted by molar-refractivity contribution is -0.134. The molecule has 1 saturated carbocycles. The van der Waals surface area contributed by atoms with Crippen LogP contribution in [0.15, 0.2) is 29.2 Å². The van der Waals surface area contributed by atoms with Crippen molar-refractivity contribution in [1.82, 2.24) is 4.90 Å². The summed E-state index contributed by atoms with van der Waals surface area (Å²) in [6.07, 6.45) is 4.88. The fraction of sp³-hybridized carbons (Fsp3) is 0.632. The molecule has 0 aromatic heterocycles. The number of carbonyl (C=O) groups is 1. The van der Waals surface area contributed by atoms with Gasteiger partial charge in [0, 0.05) is 29.3 Å². The largest absolute Gasteiger partial charge is 0.360 e. The van der Waals surface area contributed by atoms with Crippen molar-refractivity contribution in [2.45, 2.75) is 49.1 Å². The van der Waals surface area contributed by atoms with Crippen molar-refractivity contribution in [1.29, 1.82) is 0 Å². The van der Waals surface area contributed by atoms with Crippen molar-refractivity contribution in [3.63, 3.8) is 0 Å². The quantitative estimate of drug-likeness (QED) is 0.786. The van der Waals surface area contributed by atoms with E-state index >= 15 is 0 Å². The molecule has 0 bridgehead atoms. The monoisotopic (exact) mass is 394 g/mol. The fourth-order valence-corrected chi connectivity index (χ4v) is 7.28. The predicted molar refractivity (Wildman–Crippen MR) is 106 cm³/mol. The standard InChI is InChI=1S/C19H26N2O3S2/c22-19(13-20-10-11-25-18-8-4-3-7-17(18)20)21(15-5-1-2-6-15)16-9-12-26(23,24)14-16/h3-4,7-8,15-16H,1-2,5-6,9-14H2. The first-order chi connectivity index (χ1) is 12.5. The molecule has 26 heavy (non-hydrogen) atoms. The molecule has 142 valence electrons. The average Bonchev–Trinajstić information content (AvgIpc) is 3.26. The Morgan fingerprint density at radius 3 is 2.65 bits per heavy atom. The maximum atomic E-state index is 13.3. The van der Waals surface area contributed by atoms with E-state index in [2.05, 4.69) is 17.0 Å². The molecular weight excluding hydrogens is 368 g/mol. The highest BCUT2D eigenvalue weighted by Gasteiger charge is 2.39. The second-order valence-electron chi connectivity index (χ2n) is 7.53. The Balaban J connectivity index is 1.54. The number of sulfone groups is 1. The highest BCUT2D eigenvalue weighted by Crippen LogP contribution is 2.35. The van der Waals surface area contributed by atoms with Gasteiger partial charge in [-0.05, 0) is 31.4 Å². The first-order valence-electron chi connectivity index (χ1n) is 9.52. The molecule has 1 aromatic rings. The van der Waals surface area contributed by atoms with Crippen molar-refractivity contribution in [2.75, 3.05) is 35.2 Å². The third-order valence-electron chi connectivity index (χ3n) is 5.76. The molecule has 5 nitrogen and oxygen atoms in total. The van der Waals surface area contributed by atoms with Crippen LogP contribution in [0.4, 0.5) is 5.69 Å². The highest BCUT2D eigenvalue weighted by atomic mass is 32.2. The average molecular weight is 395 g/mol. The number of anilines is 1. The normalized spacial score (nSPS) is 25.2. The minimum Gasteiger partial charge on any atom is -0.360 e. The molecule has 1 aliphatic carbocycles. The molecule has 3 aliphatic rings. The zero-order chi connectivity index (χ0) is 18.1. The second-order valence-corrected chi connectivity index (χ2v) is 10.9. The second kappa shape index (κ2) is 7.43. The number of carbonyl (C=O) groups excluding carboxylic acids is 1. The van der Waals surface area contributed by atoms with Gasteiger partial charge in [0.05, 0.1) is 23.7 Å². The van der Waals surface area contributed by atoms with Gasteiger partial charge in [0.25, 0.3) is 0 Å². The number of benzene rings is 1. The number of hydrogen-bond donors (Lipinski definition) is 0. The van der Waals surface area contributed by atoms with Gasteiger partial charge in [-0.15, -0.1) is 11.8 Å². The number of thioether (sulfide) groups is 1. The Labute approximate surface area is 160 Å². The van der Waals surface area contributed by atoms with E-state index in [9.17, 15) is 13.2 Å². The summed E-state index contributed by atoms with van der Waals surface area (Å²) in [5, 5.41) is 0. The van der Waals surface area contributed by atoms with Crippen LogP contribution >= 0.6 is 11.8 Å². The highest BCUT2D eigenvalue weighted by molar-refractivity contribution is 7.99. The van der Waals surface area contributed by atoms with Crippen LogP contribution < -0.4 is 4.90 Å². The van der Waals surface area contributed by atoms with Crippen molar-refractivity contribution in [3.05, 3.63) is 24.3 Å². The van der Waals surface area contributed by atoms with Crippen molar-refractivity contribution < 1.29 is 13.2 Å². The lowest BCUT2D eigenvalue weighted by atomic mass is 10.1. The summed E-state index contributed by atoms with van der Waals surface area (Å²) < 4.78 is 24.0. The molecule has 1 aromatic carbocycles. The molecule has 4 rings (SSSR count). The third kappa shape index (κ3) is 3.74. The predicted octanol–water partition coefficient (Wildman–Crippen LogP) is 2.56. The molecule has 2 heterocycles. The van der Waals surface area contributed by atoms with Crippen LogP contribution in [0.3, 0.4) is 0 Å². The van der Waals surface area contributed by atoms with Crippen molar-refractivity contribution >= 4 is 33.2 Å². The van der Waals surface area contributed by atoms with E-state index in [4.69, 9.17) is 0 Å². The first kappa shape index (κ1) is 18.2. The first-order valence-corrected chi connectivity index (χ1v) is 12.3. The van der Waals surface area contributed by atoms with Crippen LogP contribution in [-0.2, 0) is 14.6 Å². The minimum atomic E-state index is -3.00. The third-order valence-corrected chi connectivity index (χ3v) is 8.55. The molecule has 2 aliphatic heterocycles. The topological polar surface area (TPSA) is 57.7 Å². The van der Waals surface area contributed by atoms with Gasteiger partial charge < -0.3 is 9.80 Å². The van der Waals surface area contributed by atoms with E-state index in [0.29, 0.717) is 13.0 Å². The van der Waals surface area contributed by atoms with E-state index in [1.807, 2.05) is 28.8 Å². The van der Waals surface area contributed by atoms with Crippen LogP contribution in [0.2, 0.25) is 0 Å². The molecule has 1 atom stereocenters. The lowest BCUT2D eigenvalue weighted by Gasteiger charge is -2.37. The number of nitrogens with zero attached hydrogens (tertiary/aromatic N) is 2. The molecule has 1 unspecified atom stereocenters. The molecule has 0 spiro atoms. The Bertz CT molecular complexity index is 775. The Kier molecular flexibility index (Phi) is 5.19. The van der Waals surface area contributed by atoms with Gasteiger partial charge in [0.15, 0.2) is 9.84 Å². The van der Waals surface area contributed by atoms with Crippen LogP contribution in [-0.4, -0.2) is 61.7 Å². The summed E-state index contributed by atoms with van der Waals surface area (Å²) in [4.78, 5) is 18.6. The van der Waals surface area contributed by atoms with Crippen molar-refractivity contribution in [2.24, 2.45) is 0 Å². The van der Waals surface area contributed by atoms with E-state index in [-0.39, 0.29) is 29.5 Å². The van der Waals surface area contributed by atoms with Gasteiger partial charge in [-0.1, -0.05) is 25.0 Å². The van der Waals surface area contributed by atoms with E-state index in [0.717, 1.165) is 43.7 Å². The van der Waals surface area contributed by atoms with Gasteiger partial charge in [-0.25, -0.2) is 8.42 Å². The zero-order valence-corrected chi connectivity index (χ0v) is 16.6. The summed E-state index contributed by atoms with van der Waals surface area (Å²) in [6, 6.07) is 8.32. The van der Waals surface area contributed by atoms with Gasteiger partial charge in [0.1, 0.15) is 0 Å². The molecule has 1 saturated heterocycles. The summed E-state index contributed by atoms with van der Waals surface area (Å²) in [7, 11) is -3.00. The molecule has 0 radical (unpaired) electrons. The van der Waals surface area contributed by atoms with Gasteiger partial charge in [-0.3, -0.25) is 4.79 Å². The molecule has 0 N–H and O–H groups in total. The van der Waals surface area contributed by atoms with Crippen LogP contribution in [0.5, 0.6) is 0 Å². The SMILES string of the molecule is O=C(CN1CCSc2ccccc21)N(C1CCCC1)C1CCS(=O)(=O)C1. The van der Waals surface area contributed by atoms with Crippen molar-refractivity contribution in [3.8, 4) is 0 Å².